The second kappa shape index (κ2) is 4.19. The zero-order valence-electron chi connectivity index (χ0n) is 10.6. The highest BCUT2D eigenvalue weighted by Gasteiger charge is 2.30. The van der Waals surface area contributed by atoms with E-state index in [0.717, 1.165) is 17.7 Å². The van der Waals surface area contributed by atoms with Crippen LogP contribution in [0.25, 0.3) is 0 Å². The van der Waals surface area contributed by atoms with Gasteiger partial charge in [0.2, 0.25) is 6.79 Å². The number of hydrogen-bond donors (Lipinski definition) is 0. The Hall–Kier alpha value is -1.71. The van der Waals surface area contributed by atoms with Gasteiger partial charge in [0, 0.05) is 11.6 Å². The molecule has 0 radical (unpaired) electrons. The Kier molecular flexibility index (Phi) is 2.65. The molecule has 1 aromatic carbocycles. The zero-order valence-corrected chi connectivity index (χ0v) is 10.6. The summed E-state index contributed by atoms with van der Waals surface area (Å²) in [6, 6.07) is 3.72. The Bertz CT molecular complexity index is 493. The average Bonchev–Trinajstić information content (AvgIpc) is 2.72. The Morgan fingerprint density at radius 2 is 1.94 bits per heavy atom. The van der Waals surface area contributed by atoms with Gasteiger partial charge >= 0.3 is 5.97 Å². The van der Waals surface area contributed by atoms with Crippen LogP contribution in [0.2, 0.25) is 0 Å². The fourth-order valence-corrected chi connectivity index (χ4v) is 2.60. The molecule has 1 unspecified atom stereocenters. The third-order valence-electron chi connectivity index (χ3n) is 3.34. The van der Waals surface area contributed by atoms with Crippen molar-refractivity contribution in [2.24, 2.45) is 5.92 Å². The van der Waals surface area contributed by atoms with E-state index in [1.807, 2.05) is 6.07 Å². The summed E-state index contributed by atoms with van der Waals surface area (Å²) in [5.41, 5.74) is 1.06. The van der Waals surface area contributed by atoms with Crippen LogP contribution in [0, 0.1) is 5.92 Å². The second-order valence-electron chi connectivity index (χ2n) is 5.25. The molecule has 4 nitrogen and oxygen atoms in total. The minimum atomic E-state index is -0.160. The summed E-state index contributed by atoms with van der Waals surface area (Å²) in [5.74, 6) is 2.63. The van der Waals surface area contributed by atoms with Crippen molar-refractivity contribution in [3.8, 4) is 17.2 Å². The van der Waals surface area contributed by atoms with Crippen LogP contribution in [0.4, 0.5) is 0 Å². The fourth-order valence-electron chi connectivity index (χ4n) is 2.60. The molecule has 2 heterocycles. The van der Waals surface area contributed by atoms with Gasteiger partial charge in [0.25, 0.3) is 0 Å². The van der Waals surface area contributed by atoms with Crippen LogP contribution in [-0.4, -0.2) is 12.8 Å². The lowest BCUT2D eigenvalue weighted by Crippen LogP contribution is -2.21. The van der Waals surface area contributed by atoms with Crippen molar-refractivity contribution in [1.82, 2.24) is 0 Å². The van der Waals surface area contributed by atoms with Crippen molar-refractivity contribution in [2.45, 2.75) is 32.6 Å². The monoisotopic (exact) mass is 248 g/mol. The normalized spacial score (nSPS) is 20.8. The third-order valence-corrected chi connectivity index (χ3v) is 3.34. The van der Waals surface area contributed by atoms with Gasteiger partial charge in [0.1, 0.15) is 5.75 Å². The average molecular weight is 248 g/mol. The third kappa shape index (κ3) is 1.92. The van der Waals surface area contributed by atoms with Crippen LogP contribution in [0.15, 0.2) is 12.1 Å². The van der Waals surface area contributed by atoms with Crippen LogP contribution < -0.4 is 14.2 Å². The van der Waals surface area contributed by atoms with Crippen molar-refractivity contribution in [3.05, 3.63) is 17.7 Å². The van der Waals surface area contributed by atoms with Gasteiger partial charge in [0.15, 0.2) is 11.5 Å². The fraction of sp³-hybridized carbons (Fsp3) is 0.500. The summed E-state index contributed by atoms with van der Waals surface area (Å²) in [6.45, 7) is 4.56. The summed E-state index contributed by atoms with van der Waals surface area (Å²) in [5, 5.41) is 0. The molecule has 4 heteroatoms. The quantitative estimate of drug-likeness (QED) is 0.596. The molecule has 0 aromatic heterocycles. The molecule has 2 aliphatic rings. The van der Waals surface area contributed by atoms with E-state index in [2.05, 4.69) is 13.8 Å². The summed E-state index contributed by atoms with van der Waals surface area (Å²) >= 11 is 0. The molecule has 3 rings (SSSR count). The largest absolute Gasteiger partial charge is 0.454 e. The summed E-state index contributed by atoms with van der Waals surface area (Å²) in [4.78, 5) is 11.6. The lowest BCUT2D eigenvalue weighted by atomic mass is 9.85. The molecule has 0 bridgehead atoms. The summed E-state index contributed by atoms with van der Waals surface area (Å²) in [6.07, 6.45) is 1.42. The minimum absolute atomic E-state index is 0.160. The van der Waals surface area contributed by atoms with Gasteiger partial charge in [-0.05, 0) is 24.3 Å². The molecule has 0 saturated heterocycles. The SMILES string of the molecule is CC(C)CC1CC(=O)Oc2cc3c(cc21)OCO3. The molecule has 0 saturated carbocycles. The molecular weight excluding hydrogens is 232 g/mol. The lowest BCUT2D eigenvalue weighted by Gasteiger charge is -2.25. The predicted octanol–water partition coefficient (Wildman–Crippen LogP) is 2.85. The molecule has 1 atom stereocenters. The molecule has 0 aliphatic carbocycles. The molecule has 0 fully saturated rings. The highest BCUT2D eigenvalue weighted by Crippen LogP contribution is 2.45. The molecule has 0 amide bonds. The molecule has 0 N–H and O–H groups in total. The molecule has 96 valence electrons. The first-order valence-electron chi connectivity index (χ1n) is 6.27. The van der Waals surface area contributed by atoms with Gasteiger partial charge < -0.3 is 14.2 Å². The van der Waals surface area contributed by atoms with Crippen LogP contribution in [-0.2, 0) is 4.79 Å². The van der Waals surface area contributed by atoms with Crippen LogP contribution in [0.1, 0.15) is 38.2 Å². The van der Waals surface area contributed by atoms with Gasteiger partial charge in [-0.2, -0.15) is 0 Å². The van der Waals surface area contributed by atoms with E-state index in [1.54, 1.807) is 6.07 Å². The van der Waals surface area contributed by atoms with Gasteiger partial charge in [-0.1, -0.05) is 13.8 Å². The Morgan fingerprint density at radius 1 is 1.22 bits per heavy atom. The number of benzene rings is 1. The number of carbonyl (C=O) groups is 1. The van der Waals surface area contributed by atoms with Crippen molar-refractivity contribution >= 4 is 5.97 Å². The Morgan fingerprint density at radius 3 is 2.67 bits per heavy atom. The predicted molar refractivity (Wildman–Crippen MR) is 65.0 cm³/mol. The highest BCUT2D eigenvalue weighted by molar-refractivity contribution is 5.77. The van der Waals surface area contributed by atoms with E-state index in [1.165, 1.54) is 0 Å². The van der Waals surface area contributed by atoms with Crippen molar-refractivity contribution < 1.29 is 19.0 Å². The maximum Gasteiger partial charge on any atom is 0.311 e. The molecule has 0 spiro atoms. The number of ether oxygens (including phenoxy) is 3. The minimum Gasteiger partial charge on any atom is -0.454 e. The maximum atomic E-state index is 11.6. The topological polar surface area (TPSA) is 44.8 Å². The first-order chi connectivity index (χ1) is 8.63. The maximum absolute atomic E-state index is 11.6. The van der Waals surface area contributed by atoms with Crippen molar-refractivity contribution in [1.29, 1.82) is 0 Å². The number of hydrogen-bond acceptors (Lipinski definition) is 4. The first-order valence-corrected chi connectivity index (χ1v) is 6.27. The molecule has 18 heavy (non-hydrogen) atoms. The van der Waals surface area contributed by atoms with Gasteiger partial charge in [-0.25, -0.2) is 0 Å². The van der Waals surface area contributed by atoms with Gasteiger partial charge in [-0.15, -0.1) is 0 Å². The van der Waals surface area contributed by atoms with Crippen LogP contribution >= 0.6 is 0 Å². The molecule has 1 aromatic rings. The smallest absolute Gasteiger partial charge is 0.311 e. The standard InChI is InChI=1S/C14H16O4/c1-8(2)3-9-4-14(15)18-11-6-13-12(5-10(9)11)16-7-17-13/h5-6,8-9H,3-4,7H2,1-2H3. The van der Waals surface area contributed by atoms with E-state index < -0.39 is 0 Å². The van der Waals surface area contributed by atoms with E-state index in [-0.39, 0.29) is 18.7 Å². The number of rotatable bonds is 2. The summed E-state index contributed by atoms with van der Waals surface area (Å²) < 4.78 is 16.0. The Labute approximate surface area is 106 Å². The molecular formula is C14H16O4. The van der Waals surface area contributed by atoms with E-state index in [9.17, 15) is 4.79 Å². The zero-order chi connectivity index (χ0) is 12.7. The molecule has 2 aliphatic heterocycles. The lowest BCUT2D eigenvalue weighted by molar-refractivity contribution is -0.136. The number of fused-ring (bicyclic) bond motifs is 2. The van der Waals surface area contributed by atoms with Crippen LogP contribution in [0.3, 0.4) is 0 Å². The van der Waals surface area contributed by atoms with Crippen molar-refractivity contribution in [3.63, 3.8) is 0 Å². The van der Waals surface area contributed by atoms with Gasteiger partial charge in [0.05, 0.1) is 6.42 Å². The van der Waals surface area contributed by atoms with Crippen molar-refractivity contribution in [2.75, 3.05) is 6.79 Å². The second-order valence-corrected chi connectivity index (χ2v) is 5.25. The van der Waals surface area contributed by atoms with E-state index in [4.69, 9.17) is 14.2 Å². The first kappa shape index (κ1) is 11.4. The number of esters is 1. The van der Waals surface area contributed by atoms with Gasteiger partial charge in [-0.3, -0.25) is 4.79 Å². The highest BCUT2D eigenvalue weighted by atomic mass is 16.7. The van der Waals surface area contributed by atoms with E-state index in [0.29, 0.717) is 23.8 Å². The van der Waals surface area contributed by atoms with E-state index >= 15 is 0 Å². The van der Waals surface area contributed by atoms with Crippen LogP contribution in [0.5, 0.6) is 17.2 Å². The number of carbonyl (C=O) groups excluding carboxylic acids is 1. The summed E-state index contributed by atoms with van der Waals surface area (Å²) in [7, 11) is 0. The Balaban J connectivity index is 2.00.